The molecule has 0 radical (unpaired) electrons. The van der Waals surface area contributed by atoms with Gasteiger partial charge in [-0.25, -0.2) is 4.98 Å². The van der Waals surface area contributed by atoms with Gasteiger partial charge in [-0.3, -0.25) is 9.88 Å². The Labute approximate surface area is 129 Å². The lowest BCUT2D eigenvalue weighted by Crippen LogP contribution is -2.34. The van der Waals surface area contributed by atoms with Crippen LogP contribution in [-0.2, 0) is 6.54 Å². The molecule has 1 fully saturated rings. The summed E-state index contributed by atoms with van der Waals surface area (Å²) in [6.07, 6.45) is 4.18. The minimum absolute atomic E-state index is 0.380. The molecule has 1 saturated heterocycles. The number of para-hydroxylation sites is 2. The molecule has 1 unspecified atom stereocenters. The van der Waals surface area contributed by atoms with E-state index in [9.17, 15) is 0 Å². The zero-order valence-electron chi connectivity index (χ0n) is 12.5. The van der Waals surface area contributed by atoms with E-state index in [1.165, 1.54) is 6.42 Å². The molecule has 0 spiro atoms. The summed E-state index contributed by atoms with van der Waals surface area (Å²) >= 11 is 0. The van der Waals surface area contributed by atoms with E-state index in [4.69, 9.17) is 4.42 Å². The Bertz CT molecular complexity index is 720. The molecule has 0 aliphatic carbocycles. The molecule has 2 aromatic heterocycles. The van der Waals surface area contributed by atoms with Crippen LogP contribution in [0.3, 0.4) is 0 Å². The summed E-state index contributed by atoms with van der Waals surface area (Å²) in [6.45, 7) is 3.01. The molecule has 22 heavy (non-hydrogen) atoms. The highest BCUT2D eigenvalue weighted by molar-refractivity contribution is 5.72. The van der Waals surface area contributed by atoms with Crippen molar-refractivity contribution in [1.82, 2.24) is 14.9 Å². The molecule has 1 aromatic carbocycles. The fourth-order valence-corrected chi connectivity index (χ4v) is 3.19. The third-order valence-corrected chi connectivity index (χ3v) is 4.28. The molecule has 1 atom stereocenters. The van der Waals surface area contributed by atoms with Gasteiger partial charge < -0.3 is 4.42 Å². The average molecular weight is 293 g/mol. The van der Waals surface area contributed by atoms with Crippen LogP contribution in [0.1, 0.15) is 30.3 Å². The lowest BCUT2D eigenvalue weighted by Gasteiger charge is -2.30. The molecule has 1 aliphatic heterocycles. The van der Waals surface area contributed by atoms with Crippen molar-refractivity contribution < 1.29 is 4.42 Å². The molecule has 0 saturated carbocycles. The quantitative estimate of drug-likeness (QED) is 0.740. The summed E-state index contributed by atoms with van der Waals surface area (Å²) in [6, 6.07) is 14.1. The molecule has 112 valence electrons. The standard InChI is InChI=1S/C18H19N3O/c1-2-9-17-16(8-1)20-18(22-17)14-6-5-11-21(12-14)13-15-7-3-4-10-19-15/h1-4,7-10,14H,5-6,11-13H2. The zero-order valence-corrected chi connectivity index (χ0v) is 12.5. The van der Waals surface area contributed by atoms with Crippen LogP contribution < -0.4 is 0 Å². The number of likely N-dealkylation sites (tertiary alicyclic amines) is 1. The van der Waals surface area contributed by atoms with E-state index in [0.717, 1.165) is 48.7 Å². The first kappa shape index (κ1) is 13.5. The Kier molecular flexibility index (Phi) is 3.60. The summed E-state index contributed by atoms with van der Waals surface area (Å²) < 4.78 is 5.95. The van der Waals surface area contributed by atoms with Crippen LogP contribution in [0.2, 0.25) is 0 Å². The molecule has 0 bridgehead atoms. The number of hydrogen-bond donors (Lipinski definition) is 0. The van der Waals surface area contributed by atoms with Crippen LogP contribution in [0.25, 0.3) is 11.1 Å². The molecular formula is C18H19N3O. The SMILES string of the molecule is c1ccc(CN2CCCC(c3nc4ccccc4o3)C2)nc1. The topological polar surface area (TPSA) is 42.2 Å². The first-order valence-corrected chi connectivity index (χ1v) is 7.86. The second kappa shape index (κ2) is 5.89. The van der Waals surface area contributed by atoms with E-state index in [1.54, 1.807) is 0 Å². The van der Waals surface area contributed by atoms with Gasteiger partial charge in [-0.2, -0.15) is 0 Å². The predicted octanol–water partition coefficient (Wildman–Crippen LogP) is 3.60. The smallest absolute Gasteiger partial charge is 0.199 e. The maximum absolute atomic E-state index is 5.95. The molecule has 0 N–H and O–H groups in total. The van der Waals surface area contributed by atoms with Gasteiger partial charge in [-0.15, -0.1) is 0 Å². The van der Waals surface area contributed by atoms with Crippen molar-refractivity contribution in [3.63, 3.8) is 0 Å². The van der Waals surface area contributed by atoms with Gasteiger partial charge in [0.2, 0.25) is 0 Å². The second-order valence-electron chi connectivity index (χ2n) is 5.92. The number of benzene rings is 1. The molecule has 3 heterocycles. The van der Waals surface area contributed by atoms with Crippen molar-refractivity contribution >= 4 is 11.1 Å². The van der Waals surface area contributed by atoms with Gasteiger partial charge in [0, 0.05) is 25.2 Å². The fourth-order valence-electron chi connectivity index (χ4n) is 3.19. The highest BCUT2D eigenvalue weighted by atomic mass is 16.3. The summed E-state index contributed by atoms with van der Waals surface area (Å²) in [5.74, 6) is 1.26. The molecule has 4 rings (SSSR count). The number of rotatable bonds is 3. The maximum Gasteiger partial charge on any atom is 0.199 e. The van der Waals surface area contributed by atoms with Gasteiger partial charge in [-0.1, -0.05) is 18.2 Å². The molecule has 4 nitrogen and oxygen atoms in total. The maximum atomic E-state index is 5.95. The average Bonchev–Trinajstić information content (AvgIpc) is 3.00. The van der Waals surface area contributed by atoms with Gasteiger partial charge in [0.05, 0.1) is 5.69 Å². The summed E-state index contributed by atoms with van der Waals surface area (Å²) in [7, 11) is 0. The number of hydrogen-bond acceptors (Lipinski definition) is 4. The summed E-state index contributed by atoms with van der Waals surface area (Å²) in [5, 5.41) is 0. The van der Waals surface area contributed by atoms with Crippen molar-refractivity contribution in [2.45, 2.75) is 25.3 Å². The second-order valence-corrected chi connectivity index (χ2v) is 5.92. The van der Waals surface area contributed by atoms with Crippen LogP contribution in [-0.4, -0.2) is 28.0 Å². The lowest BCUT2D eigenvalue weighted by molar-refractivity contribution is 0.185. The van der Waals surface area contributed by atoms with E-state index < -0.39 is 0 Å². The number of oxazole rings is 1. The molecule has 4 heteroatoms. The number of piperidine rings is 1. The van der Waals surface area contributed by atoms with E-state index >= 15 is 0 Å². The van der Waals surface area contributed by atoms with Crippen molar-refractivity contribution in [1.29, 1.82) is 0 Å². The molecule has 1 aliphatic rings. The third kappa shape index (κ3) is 2.74. The molecule has 0 amide bonds. The highest BCUT2D eigenvalue weighted by Gasteiger charge is 2.25. The summed E-state index contributed by atoms with van der Waals surface area (Å²) in [5.41, 5.74) is 2.97. The van der Waals surface area contributed by atoms with Gasteiger partial charge >= 0.3 is 0 Å². The Morgan fingerprint density at radius 3 is 2.91 bits per heavy atom. The first-order valence-electron chi connectivity index (χ1n) is 7.86. The van der Waals surface area contributed by atoms with E-state index in [1.807, 2.05) is 42.6 Å². The van der Waals surface area contributed by atoms with Crippen LogP contribution in [0.4, 0.5) is 0 Å². The Morgan fingerprint density at radius 1 is 1.14 bits per heavy atom. The number of fused-ring (bicyclic) bond motifs is 1. The van der Waals surface area contributed by atoms with Gasteiger partial charge in [0.1, 0.15) is 5.52 Å². The lowest BCUT2D eigenvalue weighted by atomic mass is 9.98. The van der Waals surface area contributed by atoms with Crippen molar-refractivity contribution in [2.75, 3.05) is 13.1 Å². The largest absolute Gasteiger partial charge is 0.440 e. The fraction of sp³-hybridized carbons (Fsp3) is 0.333. The molecular weight excluding hydrogens is 274 g/mol. The van der Waals surface area contributed by atoms with Crippen LogP contribution >= 0.6 is 0 Å². The first-order chi connectivity index (χ1) is 10.9. The number of aromatic nitrogens is 2. The van der Waals surface area contributed by atoms with Crippen LogP contribution in [0.15, 0.2) is 53.1 Å². The Morgan fingerprint density at radius 2 is 2.05 bits per heavy atom. The highest BCUT2D eigenvalue weighted by Crippen LogP contribution is 2.29. The number of pyridine rings is 1. The van der Waals surface area contributed by atoms with Gasteiger partial charge in [-0.05, 0) is 43.7 Å². The van der Waals surface area contributed by atoms with E-state index in [-0.39, 0.29) is 0 Å². The van der Waals surface area contributed by atoms with E-state index in [2.05, 4.69) is 20.9 Å². The number of nitrogens with zero attached hydrogens (tertiary/aromatic N) is 3. The van der Waals surface area contributed by atoms with Crippen molar-refractivity contribution in [3.05, 3.63) is 60.2 Å². The normalized spacial score (nSPS) is 19.5. The zero-order chi connectivity index (χ0) is 14.8. The van der Waals surface area contributed by atoms with Gasteiger partial charge in [0.15, 0.2) is 11.5 Å². The minimum Gasteiger partial charge on any atom is -0.440 e. The van der Waals surface area contributed by atoms with Crippen LogP contribution in [0.5, 0.6) is 0 Å². The van der Waals surface area contributed by atoms with Gasteiger partial charge in [0.25, 0.3) is 0 Å². The predicted molar refractivity (Wildman–Crippen MR) is 85.5 cm³/mol. The summed E-state index contributed by atoms with van der Waals surface area (Å²) in [4.78, 5) is 11.5. The van der Waals surface area contributed by atoms with Crippen molar-refractivity contribution in [2.24, 2.45) is 0 Å². The third-order valence-electron chi connectivity index (χ3n) is 4.28. The Hall–Kier alpha value is -2.20. The minimum atomic E-state index is 0.380. The van der Waals surface area contributed by atoms with Crippen LogP contribution in [0, 0.1) is 0 Å². The van der Waals surface area contributed by atoms with Crippen molar-refractivity contribution in [3.8, 4) is 0 Å². The monoisotopic (exact) mass is 293 g/mol. The Balaban J connectivity index is 1.50. The van der Waals surface area contributed by atoms with E-state index in [0.29, 0.717) is 5.92 Å². The molecule has 3 aromatic rings.